The predicted molar refractivity (Wildman–Crippen MR) is 51.3 cm³/mol. The summed E-state index contributed by atoms with van der Waals surface area (Å²) in [4.78, 5) is 0. The van der Waals surface area contributed by atoms with Gasteiger partial charge in [0, 0.05) is 7.11 Å². The van der Waals surface area contributed by atoms with Gasteiger partial charge in [0.15, 0.2) is 0 Å². The molecule has 0 radical (unpaired) electrons. The number of aliphatic hydroxyl groups excluding tert-OH is 1. The van der Waals surface area contributed by atoms with Gasteiger partial charge in [-0.3, -0.25) is 12.2 Å². The Morgan fingerprint density at radius 3 is 1.38 bits per heavy atom. The van der Waals surface area contributed by atoms with Crippen LogP contribution in [0.4, 0.5) is 0 Å². The fourth-order valence-electron chi connectivity index (χ4n) is 0.680. The van der Waals surface area contributed by atoms with Crippen LogP contribution in [0.3, 0.4) is 0 Å². The second kappa shape index (κ2) is 14.3. The van der Waals surface area contributed by atoms with E-state index in [1.807, 2.05) is 24.3 Å². The van der Waals surface area contributed by atoms with Gasteiger partial charge in [0.2, 0.25) is 0 Å². The first-order valence-corrected chi connectivity index (χ1v) is 3.88. The Bertz CT molecular complexity index is 148. The number of hydrogen-bond donors (Lipinski definition) is 1. The Morgan fingerprint density at radius 2 is 1.31 bits per heavy atom. The zero-order valence-corrected chi connectivity index (χ0v) is 10.3. The molecule has 13 heavy (non-hydrogen) atoms. The van der Waals surface area contributed by atoms with Crippen LogP contribution in [0.1, 0.15) is 12.8 Å². The molecule has 2 heteroatoms. The Balaban J connectivity index is 0. The van der Waals surface area contributed by atoms with Gasteiger partial charge in [-0.15, -0.1) is 12.8 Å². The van der Waals surface area contributed by atoms with Crippen LogP contribution in [0.25, 0.3) is 0 Å². The molecule has 0 atom stereocenters. The van der Waals surface area contributed by atoms with Crippen LogP contribution < -0.4 is 0 Å². The standard InChI is InChI=1S/2C5H5.CH4O.Zr/c2*1-2-4-5-3-1;1-2;/h2*1-3H,4H2;2H,1H3;/q2*-1;;+2. The van der Waals surface area contributed by atoms with Crippen molar-refractivity contribution in [1.29, 1.82) is 0 Å². The van der Waals surface area contributed by atoms with Gasteiger partial charge in [0.1, 0.15) is 0 Å². The topological polar surface area (TPSA) is 20.2 Å². The second-order valence-corrected chi connectivity index (χ2v) is 2.01. The van der Waals surface area contributed by atoms with Crippen LogP contribution in [0, 0.1) is 12.2 Å². The molecular weight excluding hydrogens is 239 g/mol. The first-order valence-electron chi connectivity index (χ1n) is 3.88. The van der Waals surface area contributed by atoms with E-state index in [2.05, 4.69) is 24.3 Å². The van der Waals surface area contributed by atoms with E-state index < -0.39 is 0 Å². The summed E-state index contributed by atoms with van der Waals surface area (Å²) in [5, 5.41) is 7.00. The summed E-state index contributed by atoms with van der Waals surface area (Å²) >= 11 is 0. The third kappa shape index (κ3) is 11.8. The molecule has 2 aliphatic rings. The largest absolute Gasteiger partial charge is 2.00 e. The van der Waals surface area contributed by atoms with E-state index in [1.165, 1.54) is 0 Å². The van der Waals surface area contributed by atoms with E-state index in [0.29, 0.717) is 0 Å². The van der Waals surface area contributed by atoms with E-state index in [-0.39, 0.29) is 26.2 Å². The fraction of sp³-hybridized carbons (Fsp3) is 0.273. The zero-order chi connectivity index (χ0) is 9.07. The summed E-state index contributed by atoms with van der Waals surface area (Å²) < 4.78 is 0. The van der Waals surface area contributed by atoms with Crippen LogP contribution in [0.15, 0.2) is 36.5 Å². The van der Waals surface area contributed by atoms with Crippen molar-refractivity contribution in [3.63, 3.8) is 0 Å². The number of hydrogen-bond acceptors (Lipinski definition) is 1. The molecule has 0 bridgehead atoms. The van der Waals surface area contributed by atoms with Crippen molar-refractivity contribution in [3.8, 4) is 0 Å². The minimum atomic E-state index is 0. The maximum absolute atomic E-state index is 7.00. The van der Waals surface area contributed by atoms with Crippen LogP contribution in [0.2, 0.25) is 0 Å². The van der Waals surface area contributed by atoms with E-state index in [1.54, 1.807) is 0 Å². The molecule has 0 heterocycles. The Morgan fingerprint density at radius 1 is 0.923 bits per heavy atom. The van der Waals surface area contributed by atoms with E-state index in [9.17, 15) is 0 Å². The molecular formula is C11H14OZr. The Labute approximate surface area is 99.7 Å². The van der Waals surface area contributed by atoms with Gasteiger partial charge in [0.05, 0.1) is 0 Å². The molecule has 0 aromatic carbocycles. The molecule has 0 aliphatic heterocycles. The van der Waals surface area contributed by atoms with Crippen molar-refractivity contribution in [1.82, 2.24) is 0 Å². The zero-order valence-electron chi connectivity index (χ0n) is 7.83. The fourth-order valence-corrected chi connectivity index (χ4v) is 0.680. The van der Waals surface area contributed by atoms with Gasteiger partial charge < -0.3 is 5.11 Å². The maximum Gasteiger partial charge on any atom is 2.00 e. The number of allylic oxidation sites excluding steroid dienone is 8. The quantitative estimate of drug-likeness (QED) is 0.656. The predicted octanol–water partition coefficient (Wildman–Crippen LogP) is 2.22. The van der Waals surface area contributed by atoms with Gasteiger partial charge in [0.25, 0.3) is 0 Å². The van der Waals surface area contributed by atoms with Crippen molar-refractivity contribution in [2.24, 2.45) is 0 Å². The molecule has 0 spiro atoms. The van der Waals surface area contributed by atoms with Gasteiger partial charge in [-0.25, -0.2) is 24.3 Å². The van der Waals surface area contributed by atoms with Crippen molar-refractivity contribution in [3.05, 3.63) is 48.6 Å². The molecule has 0 fully saturated rings. The number of rotatable bonds is 0. The molecule has 1 N–H and O–H groups in total. The average Bonchev–Trinajstić information content (AvgIpc) is 2.87. The average molecular weight is 253 g/mol. The van der Waals surface area contributed by atoms with Crippen LogP contribution in [0.5, 0.6) is 0 Å². The molecule has 0 amide bonds. The summed E-state index contributed by atoms with van der Waals surface area (Å²) in [5.74, 6) is 0. The molecule has 68 valence electrons. The van der Waals surface area contributed by atoms with Crippen molar-refractivity contribution >= 4 is 0 Å². The van der Waals surface area contributed by atoms with Gasteiger partial charge in [-0.2, -0.15) is 12.2 Å². The molecule has 2 aliphatic carbocycles. The molecule has 0 unspecified atom stereocenters. The summed E-state index contributed by atoms with van der Waals surface area (Å²) in [6.07, 6.45) is 20.0. The SMILES string of the molecule is CO.[C-]1=CC=CC1.[C-]1=CC=CC1.[Zr+2]. The monoisotopic (exact) mass is 252 g/mol. The van der Waals surface area contributed by atoms with E-state index >= 15 is 0 Å². The molecule has 0 saturated carbocycles. The molecule has 1 nitrogen and oxygen atoms in total. The first kappa shape index (κ1) is 15.3. The summed E-state index contributed by atoms with van der Waals surface area (Å²) in [6, 6.07) is 0. The molecule has 0 aromatic rings. The molecule has 0 aromatic heterocycles. The van der Waals surface area contributed by atoms with Crippen LogP contribution in [-0.4, -0.2) is 12.2 Å². The van der Waals surface area contributed by atoms with Crippen molar-refractivity contribution in [2.45, 2.75) is 12.8 Å². The summed E-state index contributed by atoms with van der Waals surface area (Å²) in [6.45, 7) is 0. The third-order valence-corrected chi connectivity index (χ3v) is 1.17. The Kier molecular flexibility index (Phi) is 16.9. The smallest absolute Gasteiger partial charge is 0.400 e. The van der Waals surface area contributed by atoms with Crippen LogP contribution in [-0.2, 0) is 26.2 Å². The first-order chi connectivity index (χ1) is 6.00. The third-order valence-electron chi connectivity index (χ3n) is 1.17. The normalized spacial score (nSPS) is 14.0. The molecule has 2 rings (SSSR count). The summed E-state index contributed by atoms with van der Waals surface area (Å²) in [5.41, 5.74) is 0. The van der Waals surface area contributed by atoms with E-state index in [4.69, 9.17) is 5.11 Å². The van der Waals surface area contributed by atoms with Gasteiger partial charge >= 0.3 is 26.2 Å². The van der Waals surface area contributed by atoms with Crippen molar-refractivity contribution < 1.29 is 31.3 Å². The van der Waals surface area contributed by atoms with Gasteiger partial charge in [-0.1, -0.05) is 0 Å². The minimum Gasteiger partial charge on any atom is -0.400 e. The van der Waals surface area contributed by atoms with Gasteiger partial charge in [-0.05, 0) is 0 Å². The Hall–Kier alpha value is -0.197. The minimum absolute atomic E-state index is 0. The number of aliphatic hydroxyl groups is 1. The van der Waals surface area contributed by atoms with Crippen molar-refractivity contribution in [2.75, 3.05) is 7.11 Å². The summed E-state index contributed by atoms with van der Waals surface area (Å²) in [7, 11) is 1.00. The second-order valence-electron chi connectivity index (χ2n) is 2.01. The van der Waals surface area contributed by atoms with E-state index in [0.717, 1.165) is 20.0 Å². The maximum atomic E-state index is 7.00. The van der Waals surface area contributed by atoms with Crippen LogP contribution >= 0.6 is 0 Å². The molecule has 0 saturated heterocycles.